The number of carbonyl (C=O) groups excluding carboxylic acids is 1. The number of carbonyl (C=O) groups is 2. The summed E-state index contributed by atoms with van der Waals surface area (Å²) in [5, 5.41) is 13.2. The molecule has 0 saturated carbocycles. The summed E-state index contributed by atoms with van der Waals surface area (Å²) in [6.07, 6.45) is 0. The number of hydrogen-bond donors (Lipinski definition) is 5. The molecule has 7 heteroatoms. The monoisotopic (exact) mass is 193 g/mol. The second-order valence-electron chi connectivity index (χ2n) is 2.00. The first-order chi connectivity index (χ1) is 5.57. The number of hydrogen-bond acceptors (Lipinski definition) is 4. The van der Waals surface area contributed by atoms with Gasteiger partial charge in [-0.1, -0.05) is 0 Å². The Hall–Kier alpha value is -0.950. The number of urea groups is 1. The summed E-state index contributed by atoms with van der Waals surface area (Å²) in [4.78, 5) is 20.5. The number of aliphatic carboxylic acids is 1. The Bertz CT molecular complexity index is 175. The van der Waals surface area contributed by atoms with Gasteiger partial charge in [0.2, 0.25) is 0 Å². The highest BCUT2D eigenvalue weighted by Crippen LogP contribution is 1.85. The molecule has 0 rings (SSSR count). The molecule has 0 heterocycles. The molecule has 0 fully saturated rings. The second kappa shape index (κ2) is 5.67. The van der Waals surface area contributed by atoms with Crippen LogP contribution in [0.1, 0.15) is 0 Å². The van der Waals surface area contributed by atoms with Crippen LogP contribution in [0.5, 0.6) is 0 Å². The fourth-order valence-corrected chi connectivity index (χ4v) is 0.777. The molecular weight excluding hydrogens is 182 g/mol. The molecule has 0 aromatic heterocycles. The number of carboxylic acids is 1. The maximum atomic E-state index is 10.4. The van der Waals surface area contributed by atoms with Crippen LogP contribution in [0.2, 0.25) is 0 Å². The largest absolute Gasteiger partial charge is 0.480 e. The minimum absolute atomic E-state index is 0.0207. The first-order valence-electron chi connectivity index (χ1n) is 3.18. The van der Waals surface area contributed by atoms with E-state index in [2.05, 4.69) is 23.3 Å². The van der Waals surface area contributed by atoms with Gasteiger partial charge >= 0.3 is 12.0 Å². The number of nitrogens with two attached hydrogens (primary N) is 1. The van der Waals surface area contributed by atoms with Gasteiger partial charge in [-0.15, -0.1) is 0 Å². The maximum Gasteiger partial charge on any atom is 0.321 e. The van der Waals surface area contributed by atoms with Crippen LogP contribution >= 0.6 is 12.6 Å². The average molecular weight is 193 g/mol. The molecule has 5 N–H and O–H groups in total. The van der Waals surface area contributed by atoms with Gasteiger partial charge < -0.3 is 16.2 Å². The summed E-state index contributed by atoms with van der Waals surface area (Å²) in [7, 11) is 0. The molecule has 0 aliphatic carbocycles. The lowest BCUT2D eigenvalue weighted by molar-refractivity contribution is -0.138. The zero-order valence-corrected chi connectivity index (χ0v) is 7.17. The van der Waals surface area contributed by atoms with E-state index in [1.807, 2.05) is 0 Å². The van der Waals surface area contributed by atoms with Gasteiger partial charge in [-0.2, -0.15) is 12.6 Å². The van der Waals surface area contributed by atoms with Gasteiger partial charge in [-0.3, -0.25) is 10.1 Å². The topological polar surface area (TPSA) is 104 Å². The van der Waals surface area contributed by atoms with Crippen molar-refractivity contribution in [3.8, 4) is 0 Å². The molecule has 0 aromatic rings. The molecule has 2 amide bonds. The zero-order valence-electron chi connectivity index (χ0n) is 6.28. The summed E-state index contributed by atoms with van der Waals surface area (Å²) in [5.74, 6) is -0.869. The molecule has 0 bridgehead atoms. The molecule has 0 saturated heterocycles. The van der Waals surface area contributed by atoms with E-state index in [0.29, 0.717) is 0 Å². The molecule has 0 aromatic carbocycles. The third-order valence-corrected chi connectivity index (χ3v) is 1.46. The lowest BCUT2D eigenvalue weighted by Crippen LogP contribution is -2.46. The van der Waals surface area contributed by atoms with Gasteiger partial charge in [0, 0.05) is 5.75 Å². The Morgan fingerprint density at radius 2 is 2.17 bits per heavy atom. The van der Waals surface area contributed by atoms with Gasteiger partial charge in [0.1, 0.15) is 6.04 Å². The van der Waals surface area contributed by atoms with Crippen molar-refractivity contribution in [2.45, 2.75) is 6.04 Å². The fourth-order valence-electron chi connectivity index (χ4n) is 0.491. The van der Waals surface area contributed by atoms with Crippen LogP contribution in [-0.4, -0.2) is 35.6 Å². The standard InChI is InChI=1S/C5H11N3O3S/c6-5(11)8-2-7-3(1-12)4(9)10/h3,7,12H,1-2H2,(H,9,10)(H3,6,8,11). The first kappa shape index (κ1) is 11.1. The van der Waals surface area contributed by atoms with Gasteiger partial charge in [-0.05, 0) is 0 Å². The number of nitrogens with one attached hydrogen (secondary N) is 2. The maximum absolute atomic E-state index is 10.4. The van der Waals surface area contributed by atoms with E-state index in [-0.39, 0.29) is 12.4 Å². The summed E-state index contributed by atoms with van der Waals surface area (Å²) >= 11 is 3.79. The summed E-state index contributed by atoms with van der Waals surface area (Å²) in [5.41, 5.74) is 4.74. The highest BCUT2D eigenvalue weighted by atomic mass is 32.1. The Labute approximate surface area is 74.9 Å². The number of rotatable bonds is 5. The normalized spacial score (nSPS) is 12.1. The molecule has 1 atom stereocenters. The minimum Gasteiger partial charge on any atom is -0.480 e. The van der Waals surface area contributed by atoms with Gasteiger partial charge in [0.15, 0.2) is 0 Å². The van der Waals surface area contributed by atoms with E-state index >= 15 is 0 Å². The Morgan fingerprint density at radius 1 is 1.58 bits per heavy atom. The molecule has 0 aliphatic heterocycles. The zero-order chi connectivity index (χ0) is 9.56. The van der Waals surface area contributed by atoms with Crippen LogP contribution in [0.3, 0.4) is 0 Å². The third kappa shape index (κ3) is 4.80. The first-order valence-corrected chi connectivity index (χ1v) is 3.81. The molecule has 0 spiro atoms. The lowest BCUT2D eigenvalue weighted by atomic mass is 10.3. The van der Waals surface area contributed by atoms with Gasteiger partial charge in [0.25, 0.3) is 0 Å². The van der Waals surface area contributed by atoms with Crippen molar-refractivity contribution < 1.29 is 14.7 Å². The predicted molar refractivity (Wildman–Crippen MR) is 46.0 cm³/mol. The smallest absolute Gasteiger partial charge is 0.321 e. The number of amides is 2. The van der Waals surface area contributed by atoms with Crippen molar-refractivity contribution in [3.05, 3.63) is 0 Å². The number of primary amides is 1. The van der Waals surface area contributed by atoms with E-state index in [0.717, 1.165) is 0 Å². The van der Waals surface area contributed by atoms with Crippen molar-refractivity contribution in [2.75, 3.05) is 12.4 Å². The SMILES string of the molecule is NC(=O)NCNC(CS)C(=O)O. The predicted octanol–water partition coefficient (Wildman–Crippen LogP) is -1.42. The lowest BCUT2D eigenvalue weighted by Gasteiger charge is -2.10. The Kier molecular flexibility index (Phi) is 5.22. The molecule has 6 nitrogen and oxygen atoms in total. The van der Waals surface area contributed by atoms with Crippen LogP contribution < -0.4 is 16.4 Å². The number of thiol groups is 1. The van der Waals surface area contributed by atoms with Crippen molar-refractivity contribution in [3.63, 3.8) is 0 Å². The van der Waals surface area contributed by atoms with E-state index < -0.39 is 18.0 Å². The fraction of sp³-hybridized carbons (Fsp3) is 0.600. The second-order valence-corrected chi connectivity index (χ2v) is 2.36. The van der Waals surface area contributed by atoms with Crippen molar-refractivity contribution >= 4 is 24.6 Å². The third-order valence-electron chi connectivity index (χ3n) is 1.09. The minimum atomic E-state index is -1.02. The van der Waals surface area contributed by atoms with E-state index in [1.54, 1.807) is 0 Å². The highest BCUT2D eigenvalue weighted by molar-refractivity contribution is 7.80. The van der Waals surface area contributed by atoms with Crippen LogP contribution in [0, 0.1) is 0 Å². The van der Waals surface area contributed by atoms with E-state index in [9.17, 15) is 9.59 Å². The molecule has 1 unspecified atom stereocenters. The molecule has 0 radical (unpaired) electrons. The van der Waals surface area contributed by atoms with Crippen molar-refractivity contribution in [1.29, 1.82) is 0 Å². The highest BCUT2D eigenvalue weighted by Gasteiger charge is 2.13. The van der Waals surface area contributed by atoms with Crippen LogP contribution in [0.4, 0.5) is 4.79 Å². The summed E-state index contributed by atoms with van der Waals surface area (Å²) in [6, 6.07) is -1.48. The molecule has 0 aliphatic rings. The van der Waals surface area contributed by atoms with Crippen LogP contribution in [0.15, 0.2) is 0 Å². The molecule has 70 valence electrons. The van der Waals surface area contributed by atoms with E-state index in [4.69, 9.17) is 10.8 Å². The summed E-state index contributed by atoms with van der Waals surface area (Å²) < 4.78 is 0. The van der Waals surface area contributed by atoms with E-state index in [1.165, 1.54) is 0 Å². The van der Waals surface area contributed by atoms with Gasteiger partial charge in [-0.25, -0.2) is 4.79 Å². The van der Waals surface area contributed by atoms with Crippen LogP contribution in [0.25, 0.3) is 0 Å². The number of carboxylic acid groups (broad SMARTS) is 1. The Morgan fingerprint density at radius 3 is 2.50 bits per heavy atom. The molecular formula is C5H11N3O3S. The van der Waals surface area contributed by atoms with Crippen molar-refractivity contribution in [1.82, 2.24) is 10.6 Å². The molecule has 12 heavy (non-hydrogen) atoms. The van der Waals surface area contributed by atoms with Crippen molar-refractivity contribution in [2.24, 2.45) is 5.73 Å². The van der Waals surface area contributed by atoms with Crippen LogP contribution in [-0.2, 0) is 4.79 Å². The quantitative estimate of drug-likeness (QED) is 0.273. The van der Waals surface area contributed by atoms with Gasteiger partial charge in [0.05, 0.1) is 6.67 Å². The Balaban J connectivity index is 3.59. The average Bonchev–Trinajstić information content (AvgIpc) is 1.96. The summed E-state index contributed by atoms with van der Waals surface area (Å²) in [6.45, 7) is 0.0207.